The Bertz CT molecular complexity index is 306. The lowest BCUT2D eigenvalue weighted by atomic mass is 10.00. The van der Waals surface area contributed by atoms with Crippen molar-refractivity contribution in [3.05, 3.63) is 0 Å². The minimum Gasteiger partial charge on any atom is -0.316 e. The van der Waals surface area contributed by atoms with E-state index < -0.39 is 0 Å². The molecule has 0 bridgehead atoms. The summed E-state index contributed by atoms with van der Waals surface area (Å²) in [6, 6.07) is 0. The van der Waals surface area contributed by atoms with E-state index in [-0.39, 0.29) is 23.7 Å². The van der Waals surface area contributed by atoms with E-state index in [1.807, 2.05) is 0 Å². The Morgan fingerprint density at radius 2 is 1.83 bits per heavy atom. The summed E-state index contributed by atoms with van der Waals surface area (Å²) < 4.78 is 0. The van der Waals surface area contributed by atoms with Crippen molar-refractivity contribution in [3.8, 4) is 0 Å². The predicted molar refractivity (Wildman–Crippen MR) is 69.9 cm³/mol. The third-order valence-corrected chi connectivity index (χ3v) is 3.97. The van der Waals surface area contributed by atoms with Gasteiger partial charge in [0, 0.05) is 6.54 Å². The first-order valence-corrected chi connectivity index (χ1v) is 7.17. The van der Waals surface area contributed by atoms with E-state index in [9.17, 15) is 9.59 Å². The molecule has 102 valence electrons. The fourth-order valence-corrected chi connectivity index (χ4v) is 3.03. The number of carbonyl (C=O) groups excluding carboxylic acids is 2. The van der Waals surface area contributed by atoms with Crippen molar-refractivity contribution in [1.82, 2.24) is 10.2 Å². The molecule has 1 saturated carbocycles. The number of hydrogen-bond acceptors (Lipinski definition) is 3. The van der Waals surface area contributed by atoms with Crippen LogP contribution in [0.1, 0.15) is 39.5 Å². The summed E-state index contributed by atoms with van der Waals surface area (Å²) in [5, 5.41) is 3.34. The molecule has 2 unspecified atom stereocenters. The van der Waals surface area contributed by atoms with Gasteiger partial charge in [-0.05, 0) is 38.3 Å². The van der Waals surface area contributed by atoms with Crippen LogP contribution in [-0.2, 0) is 9.59 Å². The van der Waals surface area contributed by atoms with E-state index in [2.05, 4.69) is 19.2 Å². The van der Waals surface area contributed by atoms with E-state index in [4.69, 9.17) is 0 Å². The number of hydrogen-bond donors (Lipinski definition) is 1. The minimum absolute atomic E-state index is 0.0149. The molecular formula is C14H24N2O2. The second-order valence-corrected chi connectivity index (χ2v) is 5.92. The van der Waals surface area contributed by atoms with Gasteiger partial charge in [-0.3, -0.25) is 14.5 Å². The largest absolute Gasteiger partial charge is 0.316 e. The molecule has 0 aromatic heterocycles. The Kier molecular flexibility index (Phi) is 4.38. The zero-order valence-corrected chi connectivity index (χ0v) is 11.4. The molecule has 1 saturated heterocycles. The summed E-state index contributed by atoms with van der Waals surface area (Å²) in [5.74, 6) is 0.847. The molecule has 2 fully saturated rings. The highest BCUT2D eigenvalue weighted by Crippen LogP contribution is 2.39. The molecular weight excluding hydrogens is 228 g/mol. The first-order valence-electron chi connectivity index (χ1n) is 7.17. The minimum atomic E-state index is 0.0149. The van der Waals surface area contributed by atoms with Gasteiger partial charge in [0.15, 0.2) is 0 Å². The maximum Gasteiger partial charge on any atom is 0.233 e. The number of amides is 2. The lowest BCUT2D eigenvalue weighted by molar-refractivity contribution is -0.140. The van der Waals surface area contributed by atoms with Crippen molar-refractivity contribution in [2.75, 3.05) is 19.6 Å². The maximum absolute atomic E-state index is 12.1. The van der Waals surface area contributed by atoms with Crippen molar-refractivity contribution in [2.24, 2.45) is 17.8 Å². The van der Waals surface area contributed by atoms with Crippen LogP contribution >= 0.6 is 0 Å². The SMILES string of the molecule is CC(C)CNCCCN1C(=O)C2CCCC2C1=O. The molecule has 0 radical (unpaired) electrons. The molecule has 2 amide bonds. The van der Waals surface area contributed by atoms with Gasteiger partial charge >= 0.3 is 0 Å². The smallest absolute Gasteiger partial charge is 0.233 e. The second kappa shape index (κ2) is 5.83. The fourth-order valence-electron chi connectivity index (χ4n) is 3.03. The number of rotatable bonds is 6. The van der Waals surface area contributed by atoms with Gasteiger partial charge in [-0.1, -0.05) is 20.3 Å². The Labute approximate surface area is 109 Å². The zero-order valence-electron chi connectivity index (χ0n) is 11.4. The number of nitrogens with one attached hydrogen (secondary N) is 1. The second-order valence-electron chi connectivity index (χ2n) is 5.92. The van der Waals surface area contributed by atoms with Crippen molar-refractivity contribution < 1.29 is 9.59 Å². The van der Waals surface area contributed by atoms with Crippen molar-refractivity contribution in [3.63, 3.8) is 0 Å². The maximum atomic E-state index is 12.1. The van der Waals surface area contributed by atoms with Crippen LogP contribution in [0.15, 0.2) is 0 Å². The van der Waals surface area contributed by atoms with Crippen LogP contribution in [0.25, 0.3) is 0 Å². The molecule has 4 nitrogen and oxygen atoms in total. The highest BCUT2D eigenvalue weighted by atomic mass is 16.2. The van der Waals surface area contributed by atoms with Gasteiger partial charge in [-0.2, -0.15) is 0 Å². The molecule has 0 spiro atoms. The van der Waals surface area contributed by atoms with E-state index in [1.54, 1.807) is 0 Å². The van der Waals surface area contributed by atoms with Crippen LogP contribution in [0.4, 0.5) is 0 Å². The fraction of sp³-hybridized carbons (Fsp3) is 0.857. The Hall–Kier alpha value is -0.900. The lowest BCUT2D eigenvalue weighted by Gasteiger charge is -2.16. The average Bonchev–Trinajstić information content (AvgIpc) is 2.87. The molecule has 2 atom stereocenters. The van der Waals surface area contributed by atoms with Gasteiger partial charge in [-0.25, -0.2) is 0 Å². The summed E-state index contributed by atoms with van der Waals surface area (Å²) in [5.41, 5.74) is 0. The predicted octanol–water partition coefficient (Wildman–Crippen LogP) is 1.41. The highest BCUT2D eigenvalue weighted by molar-refractivity contribution is 6.05. The van der Waals surface area contributed by atoms with Gasteiger partial charge in [0.05, 0.1) is 11.8 Å². The molecule has 1 aliphatic carbocycles. The summed E-state index contributed by atoms with van der Waals surface area (Å²) in [7, 11) is 0. The Morgan fingerprint density at radius 3 is 2.39 bits per heavy atom. The number of carbonyl (C=O) groups is 2. The number of imide groups is 1. The first kappa shape index (κ1) is 13.5. The van der Waals surface area contributed by atoms with Gasteiger partial charge in [-0.15, -0.1) is 0 Å². The normalized spacial score (nSPS) is 27.4. The standard InChI is InChI=1S/C14H24N2O2/c1-10(2)9-15-7-4-8-16-13(17)11-5-3-6-12(11)14(16)18/h10-12,15H,3-9H2,1-2H3. The van der Waals surface area contributed by atoms with Gasteiger partial charge in [0.1, 0.15) is 0 Å². The number of nitrogens with zero attached hydrogens (tertiary/aromatic N) is 1. The van der Waals surface area contributed by atoms with Crippen LogP contribution in [0, 0.1) is 17.8 Å². The van der Waals surface area contributed by atoms with Crippen LogP contribution in [0.2, 0.25) is 0 Å². The average molecular weight is 252 g/mol. The monoisotopic (exact) mass is 252 g/mol. The third kappa shape index (κ3) is 2.74. The molecule has 1 heterocycles. The number of likely N-dealkylation sites (tertiary alicyclic amines) is 1. The van der Waals surface area contributed by atoms with Crippen molar-refractivity contribution >= 4 is 11.8 Å². The van der Waals surface area contributed by atoms with E-state index in [0.29, 0.717) is 12.5 Å². The molecule has 2 rings (SSSR count). The first-order chi connectivity index (χ1) is 8.61. The van der Waals surface area contributed by atoms with Crippen molar-refractivity contribution in [2.45, 2.75) is 39.5 Å². The van der Waals surface area contributed by atoms with Crippen LogP contribution in [0.5, 0.6) is 0 Å². The topological polar surface area (TPSA) is 49.4 Å². The van der Waals surface area contributed by atoms with Crippen LogP contribution in [-0.4, -0.2) is 36.3 Å². The summed E-state index contributed by atoms with van der Waals surface area (Å²) in [4.78, 5) is 25.6. The quantitative estimate of drug-likeness (QED) is 0.574. The van der Waals surface area contributed by atoms with E-state index >= 15 is 0 Å². The van der Waals surface area contributed by atoms with E-state index in [1.165, 1.54) is 4.90 Å². The third-order valence-electron chi connectivity index (χ3n) is 3.97. The van der Waals surface area contributed by atoms with Crippen LogP contribution in [0.3, 0.4) is 0 Å². The molecule has 2 aliphatic rings. The van der Waals surface area contributed by atoms with E-state index in [0.717, 1.165) is 38.8 Å². The van der Waals surface area contributed by atoms with Crippen LogP contribution < -0.4 is 5.32 Å². The molecule has 1 N–H and O–H groups in total. The van der Waals surface area contributed by atoms with Crippen molar-refractivity contribution in [1.29, 1.82) is 0 Å². The van der Waals surface area contributed by atoms with Gasteiger partial charge in [0.2, 0.25) is 11.8 Å². The Morgan fingerprint density at radius 1 is 1.22 bits per heavy atom. The summed E-state index contributed by atoms with van der Waals surface area (Å²) in [6.45, 7) is 6.80. The Balaban J connectivity index is 1.73. The molecule has 18 heavy (non-hydrogen) atoms. The molecule has 1 aliphatic heterocycles. The zero-order chi connectivity index (χ0) is 13.1. The highest BCUT2D eigenvalue weighted by Gasteiger charge is 2.49. The van der Waals surface area contributed by atoms with Gasteiger partial charge < -0.3 is 5.32 Å². The summed E-state index contributed by atoms with van der Waals surface area (Å²) in [6.07, 6.45) is 3.73. The summed E-state index contributed by atoms with van der Waals surface area (Å²) >= 11 is 0. The number of fused-ring (bicyclic) bond motifs is 1. The molecule has 4 heteroatoms. The lowest BCUT2D eigenvalue weighted by Crippen LogP contribution is -2.34. The molecule has 0 aromatic carbocycles. The van der Waals surface area contributed by atoms with Gasteiger partial charge in [0.25, 0.3) is 0 Å². The molecule has 0 aromatic rings.